The van der Waals surface area contributed by atoms with Gasteiger partial charge in [0.15, 0.2) is 0 Å². The minimum absolute atomic E-state index is 0.819. The minimum atomic E-state index is 0.819. The fourth-order valence-corrected chi connectivity index (χ4v) is 1.20. The van der Waals surface area contributed by atoms with Crippen LogP contribution >= 0.6 is 11.8 Å². The van der Waals surface area contributed by atoms with Crippen LogP contribution in [0, 0.1) is 0 Å². The summed E-state index contributed by atoms with van der Waals surface area (Å²) in [6, 6.07) is 0. The lowest BCUT2D eigenvalue weighted by molar-refractivity contribution is 0.569. The van der Waals surface area contributed by atoms with E-state index in [1.807, 2.05) is 0 Å². The highest BCUT2D eigenvalue weighted by molar-refractivity contribution is 8.14. The highest BCUT2D eigenvalue weighted by Gasteiger charge is 2.01. The Labute approximate surface area is 51.7 Å². The first kappa shape index (κ1) is 5.60. The highest BCUT2D eigenvalue weighted by Crippen LogP contribution is 2.10. The third-order valence-electron chi connectivity index (χ3n) is 0.791. The Morgan fingerprint density at radius 3 is 3.25 bits per heavy atom. The van der Waals surface area contributed by atoms with Gasteiger partial charge in [-0.05, 0) is 0 Å². The Hall–Kier alpha value is -0.530. The molecule has 0 saturated heterocycles. The van der Waals surface area contributed by atoms with Crippen molar-refractivity contribution in [3.63, 3.8) is 0 Å². The third-order valence-corrected chi connectivity index (χ3v) is 1.72. The first-order valence-corrected chi connectivity index (χ1v) is 3.30. The third kappa shape index (κ3) is 1.22. The van der Waals surface area contributed by atoms with Gasteiger partial charge in [-0.2, -0.15) is 0 Å². The molecule has 1 aliphatic heterocycles. The molecule has 1 aliphatic rings. The van der Waals surface area contributed by atoms with Gasteiger partial charge < -0.3 is 0 Å². The molecule has 0 aromatic heterocycles. The summed E-state index contributed by atoms with van der Waals surface area (Å²) >= 11 is 1.60. The SMILES string of the molecule is O=C=CC1=NCCS1. The second kappa shape index (κ2) is 2.70. The van der Waals surface area contributed by atoms with Gasteiger partial charge >= 0.3 is 0 Å². The maximum absolute atomic E-state index is 9.69. The molecular weight excluding hydrogens is 122 g/mol. The van der Waals surface area contributed by atoms with Gasteiger partial charge in [0.25, 0.3) is 0 Å². The van der Waals surface area contributed by atoms with Crippen molar-refractivity contribution in [1.29, 1.82) is 0 Å². The molecule has 2 nitrogen and oxygen atoms in total. The first-order chi connectivity index (χ1) is 3.93. The van der Waals surface area contributed by atoms with Crippen LogP contribution in [-0.4, -0.2) is 23.3 Å². The van der Waals surface area contributed by atoms with Gasteiger partial charge in [-0.3, -0.25) is 4.99 Å². The highest BCUT2D eigenvalue weighted by atomic mass is 32.2. The van der Waals surface area contributed by atoms with Crippen LogP contribution in [-0.2, 0) is 4.79 Å². The maximum Gasteiger partial charge on any atom is 0.127 e. The van der Waals surface area contributed by atoms with E-state index in [4.69, 9.17) is 0 Å². The van der Waals surface area contributed by atoms with E-state index >= 15 is 0 Å². The molecule has 0 amide bonds. The molecule has 0 aliphatic carbocycles. The minimum Gasteiger partial charge on any atom is -0.277 e. The van der Waals surface area contributed by atoms with E-state index in [0.717, 1.165) is 17.3 Å². The standard InChI is InChI=1S/C5H5NOS/c7-3-1-5-6-2-4-8-5/h1H,2,4H2. The lowest BCUT2D eigenvalue weighted by Crippen LogP contribution is -1.76. The van der Waals surface area contributed by atoms with Gasteiger partial charge in [0.05, 0.1) is 6.08 Å². The van der Waals surface area contributed by atoms with Crippen LogP contribution in [0.4, 0.5) is 0 Å². The summed E-state index contributed by atoms with van der Waals surface area (Å²) in [4.78, 5) is 13.7. The predicted octanol–water partition coefficient (Wildman–Crippen LogP) is 0.519. The molecule has 8 heavy (non-hydrogen) atoms. The van der Waals surface area contributed by atoms with E-state index in [2.05, 4.69) is 4.99 Å². The molecule has 0 N–H and O–H groups in total. The van der Waals surface area contributed by atoms with E-state index in [1.54, 1.807) is 17.7 Å². The van der Waals surface area contributed by atoms with Gasteiger partial charge in [0.1, 0.15) is 11.0 Å². The summed E-state index contributed by atoms with van der Waals surface area (Å²) in [6.07, 6.45) is 1.37. The van der Waals surface area contributed by atoms with Crippen molar-refractivity contribution in [2.45, 2.75) is 0 Å². The zero-order valence-electron chi connectivity index (χ0n) is 4.26. The molecule has 0 bridgehead atoms. The molecular formula is C5H5NOS. The number of rotatable bonds is 1. The number of thioether (sulfide) groups is 1. The van der Waals surface area contributed by atoms with Gasteiger partial charge in [0.2, 0.25) is 0 Å². The Balaban J connectivity index is 2.57. The van der Waals surface area contributed by atoms with Gasteiger partial charge in [0, 0.05) is 12.3 Å². The van der Waals surface area contributed by atoms with Crippen molar-refractivity contribution in [3.05, 3.63) is 6.08 Å². The summed E-state index contributed by atoms with van der Waals surface area (Å²) < 4.78 is 0. The van der Waals surface area contributed by atoms with Crippen molar-refractivity contribution >= 4 is 22.7 Å². The second-order valence-electron chi connectivity index (χ2n) is 1.33. The maximum atomic E-state index is 9.69. The van der Waals surface area contributed by atoms with Crippen molar-refractivity contribution < 1.29 is 4.79 Å². The van der Waals surface area contributed by atoms with E-state index < -0.39 is 0 Å². The van der Waals surface area contributed by atoms with E-state index in [0.29, 0.717) is 0 Å². The average Bonchev–Trinajstić information content (AvgIpc) is 2.19. The van der Waals surface area contributed by atoms with Crippen LogP contribution < -0.4 is 0 Å². The van der Waals surface area contributed by atoms with Crippen LogP contribution in [0.5, 0.6) is 0 Å². The largest absolute Gasteiger partial charge is 0.277 e. The summed E-state index contributed by atoms with van der Waals surface area (Å²) in [5.74, 6) is 2.69. The number of nitrogens with zero attached hydrogens (tertiary/aromatic N) is 1. The fraction of sp³-hybridized carbons (Fsp3) is 0.400. The Bertz CT molecular complexity index is 158. The Morgan fingerprint density at radius 2 is 2.75 bits per heavy atom. The van der Waals surface area contributed by atoms with Gasteiger partial charge in [-0.25, -0.2) is 4.79 Å². The molecule has 0 aromatic carbocycles. The summed E-state index contributed by atoms with van der Waals surface area (Å²) in [6.45, 7) is 0.845. The molecule has 1 rings (SSSR count). The van der Waals surface area contributed by atoms with Gasteiger partial charge in [-0.1, -0.05) is 0 Å². The van der Waals surface area contributed by atoms with Crippen molar-refractivity contribution in [3.8, 4) is 0 Å². The first-order valence-electron chi connectivity index (χ1n) is 2.31. The molecule has 0 aromatic rings. The van der Waals surface area contributed by atoms with Crippen LogP contribution in [0.2, 0.25) is 0 Å². The Morgan fingerprint density at radius 1 is 1.88 bits per heavy atom. The van der Waals surface area contributed by atoms with E-state index in [1.165, 1.54) is 6.08 Å². The molecule has 0 fully saturated rings. The van der Waals surface area contributed by atoms with Crippen molar-refractivity contribution in [2.75, 3.05) is 12.3 Å². The molecule has 42 valence electrons. The van der Waals surface area contributed by atoms with Crippen molar-refractivity contribution in [2.24, 2.45) is 4.99 Å². The molecule has 0 atom stereocenters. The smallest absolute Gasteiger partial charge is 0.127 e. The second-order valence-corrected chi connectivity index (χ2v) is 2.45. The summed E-state index contributed by atoms with van der Waals surface area (Å²) in [7, 11) is 0. The topological polar surface area (TPSA) is 29.4 Å². The molecule has 0 radical (unpaired) electrons. The monoisotopic (exact) mass is 127 g/mol. The summed E-state index contributed by atoms with van der Waals surface area (Å²) in [5.41, 5.74) is 0. The summed E-state index contributed by atoms with van der Waals surface area (Å²) in [5, 5.41) is 0.819. The predicted molar refractivity (Wildman–Crippen MR) is 35.0 cm³/mol. The lowest BCUT2D eigenvalue weighted by atomic mass is 10.7. The fourth-order valence-electron chi connectivity index (χ4n) is 0.489. The Kier molecular flexibility index (Phi) is 1.89. The zero-order chi connectivity index (χ0) is 5.82. The van der Waals surface area contributed by atoms with Crippen LogP contribution in [0.15, 0.2) is 11.1 Å². The van der Waals surface area contributed by atoms with Crippen LogP contribution in [0.3, 0.4) is 0 Å². The molecule has 3 heteroatoms. The number of hydrogen-bond acceptors (Lipinski definition) is 3. The zero-order valence-corrected chi connectivity index (χ0v) is 5.07. The molecule has 0 spiro atoms. The quantitative estimate of drug-likeness (QED) is 0.480. The number of carbonyl (C=O) groups excluding carboxylic acids is 1. The van der Waals surface area contributed by atoms with Crippen molar-refractivity contribution in [1.82, 2.24) is 0 Å². The number of aliphatic imine (C=N–C) groups is 1. The molecule has 1 heterocycles. The number of hydrogen-bond donors (Lipinski definition) is 0. The normalized spacial score (nSPS) is 17.2. The lowest BCUT2D eigenvalue weighted by Gasteiger charge is -1.78. The molecule has 0 saturated carbocycles. The van der Waals surface area contributed by atoms with Crippen LogP contribution in [0.1, 0.15) is 0 Å². The average molecular weight is 127 g/mol. The van der Waals surface area contributed by atoms with E-state index in [9.17, 15) is 4.79 Å². The van der Waals surface area contributed by atoms with Gasteiger partial charge in [-0.15, -0.1) is 11.8 Å². The van der Waals surface area contributed by atoms with E-state index in [-0.39, 0.29) is 0 Å². The molecule has 0 unspecified atom stereocenters. The van der Waals surface area contributed by atoms with Crippen LogP contribution in [0.25, 0.3) is 0 Å².